The summed E-state index contributed by atoms with van der Waals surface area (Å²) in [4.78, 5) is 22.3. The van der Waals surface area contributed by atoms with Crippen LogP contribution in [0.3, 0.4) is 0 Å². The molecule has 0 aliphatic heterocycles. The molecule has 126 valence electrons. The van der Waals surface area contributed by atoms with Gasteiger partial charge in [-0.3, -0.25) is 4.79 Å². The summed E-state index contributed by atoms with van der Waals surface area (Å²) in [5, 5.41) is 5.39. The fraction of sp³-hybridized carbons (Fsp3) is 0.235. The van der Waals surface area contributed by atoms with E-state index in [0.717, 1.165) is 5.56 Å². The predicted octanol–water partition coefficient (Wildman–Crippen LogP) is 3.69. The molecule has 0 atom stereocenters. The van der Waals surface area contributed by atoms with Crippen molar-refractivity contribution in [2.24, 2.45) is 0 Å². The molecule has 0 bridgehead atoms. The van der Waals surface area contributed by atoms with E-state index in [9.17, 15) is 9.59 Å². The Kier molecular flexibility index (Phi) is 6.17. The first kappa shape index (κ1) is 18.2. The highest BCUT2D eigenvalue weighted by Crippen LogP contribution is 2.24. The zero-order valence-corrected chi connectivity index (χ0v) is 14.8. The molecule has 0 fully saturated rings. The Morgan fingerprint density at radius 1 is 1.29 bits per heavy atom. The quantitative estimate of drug-likeness (QED) is 0.577. The number of hydrogen-bond donors (Lipinski definition) is 0. The maximum atomic E-state index is 11.5. The Morgan fingerprint density at radius 3 is 2.67 bits per heavy atom. The fourth-order valence-corrected chi connectivity index (χ4v) is 2.51. The molecule has 5 nitrogen and oxygen atoms in total. The third-order valence-electron chi connectivity index (χ3n) is 3.19. The van der Waals surface area contributed by atoms with Gasteiger partial charge in [-0.2, -0.15) is 5.10 Å². The number of aromatic nitrogens is 2. The van der Waals surface area contributed by atoms with Crippen molar-refractivity contribution in [1.82, 2.24) is 9.78 Å². The first-order valence-corrected chi connectivity index (χ1v) is 7.94. The number of carbonyl (C=O) groups excluding carboxylic acids is 2. The van der Waals surface area contributed by atoms with Crippen molar-refractivity contribution in [3.05, 3.63) is 57.3 Å². The normalized spacial score (nSPS) is 11.0. The first-order chi connectivity index (χ1) is 11.4. The molecule has 24 heavy (non-hydrogen) atoms. The maximum Gasteiger partial charge on any atom is 0.331 e. The monoisotopic (exact) mass is 366 g/mol. The Balaban J connectivity index is 2.15. The van der Waals surface area contributed by atoms with Gasteiger partial charge in [0, 0.05) is 16.7 Å². The van der Waals surface area contributed by atoms with Crippen LogP contribution in [0.25, 0.3) is 6.08 Å². The highest BCUT2D eigenvalue weighted by atomic mass is 35.5. The second kappa shape index (κ2) is 8.13. The predicted molar refractivity (Wildman–Crippen MR) is 93.2 cm³/mol. The van der Waals surface area contributed by atoms with Crippen molar-refractivity contribution in [2.75, 3.05) is 6.61 Å². The minimum absolute atomic E-state index is 0.224. The molecule has 0 aliphatic carbocycles. The highest BCUT2D eigenvalue weighted by molar-refractivity contribution is 6.32. The molecule has 2 aromatic rings. The second-order valence-corrected chi connectivity index (χ2v) is 5.95. The number of esters is 1. The van der Waals surface area contributed by atoms with E-state index in [-0.39, 0.29) is 12.4 Å². The van der Waals surface area contributed by atoms with E-state index in [4.69, 9.17) is 27.9 Å². The van der Waals surface area contributed by atoms with Crippen LogP contribution in [0.5, 0.6) is 0 Å². The van der Waals surface area contributed by atoms with Crippen molar-refractivity contribution in [3.63, 3.8) is 0 Å². The van der Waals surface area contributed by atoms with Crippen LogP contribution in [-0.4, -0.2) is 28.1 Å². The van der Waals surface area contributed by atoms with E-state index in [2.05, 4.69) is 5.10 Å². The molecule has 0 amide bonds. The summed E-state index contributed by atoms with van der Waals surface area (Å²) in [6.07, 6.45) is 2.74. The van der Waals surface area contributed by atoms with Gasteiger partial charge < -0.3 is 4.74 Å². The SMILES string of the molecule is CC(=O)COC(=O)C=Cc1c(C)nn(Cc2ccccc2Cl)c1Cl. The van der Waals surface area contributed by atoms with Gasteiger partial charge in [-0.1, -0.05) is 41.4 Å². The molecule has 0 radical (unpaired) electrons. The van der Waals surface area contributed by atoms with Crippen LogP contribution in [0, 0.1) is 6.92 Å². The molecule has 2 rings (SSSR count). The molecule has 0 N–H and O–H groups in total. The number of benzene rings is 1. The molecule has 7 heteroatoms. The lowest BCUT2D eigenvalue weighted by molar-refractivity contribution is -0.142. The van der Waals surface area contributed by atoms with E-state index in [1.165, 1.54) is 19.1 Å². The van der Waals surface area contributed by atoms with Crippen LogP contribution < -0.4 is 0 Å². The first-order valence-electron chi connectivity index (χ1n) is 7.19. The minimum Gasteiger partial charge on any atom is -0.455 e. The average Bonchev–Trinajstić information content (AvgIpc) is 2.79. The third kappa shape index (κ3) is 4.69. The molecule has 1 aromatic carbocycles. The van der Waals surface area contributed by atoms with Crippen molar-refractivity contribution in [3.8, 4) is 0 Å². The number of hydrogen-bond acceptors (Lipinski definition) is 4. The second-order valence-electron chi connectivity index (χ2n) is 5.18. The van der Waals surface area contributed by atoms with E-state index >= 15 is 0 Å². The molecular weight excluding hydrogens is 351 g/mol. The average molecular weight is 367 g/mol. The van der Waals surface area contributed by atoms with E-state index in [0.29, 0.717) is 28.0 Å². The Labute approximate surface area is 149 Å². The van der Waals surface area contributed by atoms with E-state index in [1.807, 2.05) is 18.2 Å². The number of ketones is 1. The molecule has 0 saturated carbocycles. The molecular formula is C17H16Cl2N2O3. The van der Waals surface area contributed by atoms with Crippen LogP contribution in [0.15, 0.2) is 30.3 Å². The van der Waals surface area contributed by atoms with Gasteiger partial charge in [0.25, 0.3) is 0 Å². The number of ether oxygens (including phenoxy) is 1. The summed E-state index contributed by atoms with van der Waals surface area (Å²) in [6, 6.07) is 7.43. The van der Waals surface area contributed by atoms with Crippen LogP contribution in [0.2, 0.25) is 10.2 Å². The number of rotatable bonds is 6. The number of halogens is 2. The number of aryl methyl sites for hydroxylation is 1. The van der Waals surface area contributed by atoms with E-state index < -0.39 is 5.97 Å². The van der Waals surface area contributed by atoms with Gasteiger partial charge in [-0.15, -0.1) is 0 Å². The van der Waals surface area contributed by atoms with Crippen LogP contribution in [0.4, 0.5) is 0 Å². The zero-order valence-electron chi connectivity index (χ0n) is 13.3. The maximum absolute atomic E-state index is 11.5. The Morgan fingerprint density at radius 2 is 2.00 bits per heavy atom. The van der Waals surface area contributed by atoms with Crippen molar-refractivity contribution < 1.29 is 14.3 Å². The summed E-state index contributed by atoms with van der Waals surface area (Å²) in [5.74, 6) is -0.835. The topological polar surface area (TPSA) is 61.2 Å². The van der Waals surface area contributed by atoms with Gasteiger partial charge in [-0.05, 0) is 31.6 Å². The Hall–Kier alpha value is -2.11. The number of Topliss-reactive ketones (excluding diaryl/α,β-unsaturated/α-hetero) is 1. The third-order valence-corrected chi connectivity index (χ3v) is 3.96. The molecule has 0 aliphatic rings. The number of carbonyl (C=O) groups is 2. The number of nitrogens with zero attached hydrogens (tertiary/aromatic N) is 2. The molecule has 1 aromatic heterocycles. The standard InChI is InChI=1S/C17H16Cl2N2O3/c1-11(22)10-24-16(23)8-7-14-12(2)20-21(17(14)19)9-13-5-3-4-6-15(13)18/h3-8H,9-10H2,1-2H3. The largest absolute Gasteiger partial charge is 0.455 e. The summed E-state index contributed by atoms with van der Waals surface area (Å²) in [5.41, 5.74) is 2.17. The van der Waals surface area contributed by atoms with Gasteiger partial charge in [0.05, 0.1) is 12.2 Å². The summed E-state index contributed by atoms with van der Waals surface area (Å²) < 4.78 is 6.37. The smallest absolute Gasteiger partial charge is 0.331 e. The van der Waals surface area contributed by atoms with Gasteiger partial charge in [0.2, 0.25) is 0 Å². The fourth-order valence-electron chi connectivity index (χ4n) is 2.02. The van der Waals surface area contributed by atoms with Crippen molar-refractivity contribution in [2.45, 2.75) is 20.4 Å². The lowest BCUT2D eigenvalue weighted by Crippen LogP contribution is -2.08. The molecule has 0 unspecified atom stereocenters. The van der Waals surface area contributed by atoms with Crippen molar-refractivity contribution >= 4 is 41.0 Å². The van der Waals surface area contributed by atoms with Crippen LogP contribution >= 0.6 is 23.2 Å². The lowest BCUT2D eigenvalue weighted by Gasteiger charge is -2.05. The molecule has 1 heterocycles. The summed E-state index contributed by atoms with van der Waals surface area (Å²) >= 11 is 12.5. The summed E-state index contributed by atoms with van der Waals surface area (Å²) in [6.45, 7) is 3.30. The van der Waals surface area contributed by atoms with Crippen molar-refractivity contribution in [1.29, 1.82) is 0 Å². The van der Waals surface area contributed by atoms with Gasteiger partial charge in [0.15, 0.2) is 5.78 Å². The summed E-state index contributed by atoms with van der Waals surface area (Å²) in [7, 11) is 0. The minimum atomic E-state index is -0.612. The van der Waals surface area contributed by atoms with Gasteiger partial charge >= 0.3 is 5.97 Å². The van der Waals surface area contributed by atoms with E-state index in [1.54, 1.807) is 17.7 Å². The van der Waals surface area contributed by atoms with Gasteiger partial charge in [-0.25, -0.2) is 9.48 Å². The van der Waals surface area contributed by atoms with Crippen LogP contribution in [-0.2, 0) is 20.9 Å². The molecule has 0 spiro atoms. The Bertz CT molecular complexity index is 797. The highest BCUT2D eigenvalue weighted by Gasteiger charge is 2.13. The lowest BCUT2D eigenvalue weighted by atomic mass is 10.2. The van der Waals surface area contributed by atoms with Crippen LogP contribution in [0.1, 0.15) is 23.7 Å². The molecule has 0 saturated heterocycles. The zero-order chi connectivity index (χ0) is 17.7. The van der Waals surface area contributed by atoms with Gasteiger partial charge in [0.1, 0.15) is 11.8 Å².